The molecule has 0 atom stereocenters. The highest BCUT2D eigenvalue weighted by atomic mass is 35.5. The van der Waals surface area contributed by atoms with Gasteiger partial charge in [-0.1, -0.05) is 48.0 Å². The molecule has 2 aromatic heterocycles. The topological polar surface area (TPSA) is 89.9 Å². The average molecular weight is 384 g/mol. The summed E-state index contributed by atoms with van der Waals surface area (Å²) in [6.45, 7) is 4.59. The summed E-state index contributed by atoms with van der Waals surface area (Å²) in [5.41, 5.74) is 2.80. The van der Waals surface area contributed by atoms with Crippen molar-refractivity contribution >= 4 is 22.6 Å². The second kappa shape index (κ2) is 6.75. The SMILES string of the molecule is CC(C)(CO)Cn1nnc2cc(-c3noc(-c4ccccc4Cl)n3)ccc21. The van der Waals surface area contributed by atoms with Crippen LogP contribution >= 0.6 is 11.6 Å². The van der Waals surface area contributed by atoms with Crippen molar-refractivity contribution < 1.29 is 9.63 Å². The minimum Gasteiger partial charge on any atom is -0.396 e. The molecule has 4 rings (SSSR count). The summed E-state index contributed by atoms with van der Waals surface area (Å²) in [5.74, 6) is 0.820. The number of aromatic nitrogens is 5. The quantitative estimate of drug-likeness (QED) is 0.563. The fraction of sp³-hybridized carbons (Fsp3) is 0.263. The molecule has 1 N–H and O–H groups in total. The van der Waals surface area contributed by atoms with Gasteiger partial charge in [-0.3, -0.25) is 0 Å². The van der Waals surface area contributed by atoms with Crippen LogP contribution in [-0.4, -0.2) is 36.8 Å². The molecule has 0 aliphatic carbocycles. The first kappa shape index (κ1) is 17.6. The molecule has 0 unspecified atom stereocenters. The first-order chi connectivity index (χ1) is 13.0. The second-order valence-corrected chi connectivity index (χ2v) is 7.58. The molecule has 0 aliphatic heterocycles. The molecular weight excluding hydrogens is 366 g/mol. The molecule has 2 aromatic carbocycles. The van der Waals surface area contributed by atoms with E-state index in [4.69, 9.17) is 16.1 Å². The van der Waals surface area contributed by atoms with Gasteiger partial charge < -0.3 is 9.63 Å². The number of halogens is 1. The van der Waals surface area contributed by atoms with Crippen LogP contribution in [0.15, 0.2) is 47.0 Å². The van der Waals surface area contributed by atoms with Crippen LogP contribution in [0.3, 0.4) is 0 Å². The van der Waals surface area contributed by atoms with Gasteiger partial charge in [0.25, 0.3) is 5.89 Å². The molecule has 7 nitrogen and oxygen atoms in total. The van der Waals surface area contributed by atoms with Crippen LogP contribution in [0.2, 0.25) is 5.02 Å². The van der Waals surface area contributed by atoms with E-state index in [0.29, 0.717) is 28.8 Å². The molecule has 8 heteroatoms. The summed E-state index contributed by atoms with van der Waals surface area (Å²) in [4.78, 5) is 4.45. The van der Waals surface area contributed by atoms with Crippen molar-refractivity contribution in [3.63, 3.8) is 0 Å². The summed E-state index contributed by atoms with van der Waals surface area (Å²) < 4.78 is 7.16. The molecule has 0 saturated heterocycles. The van der Waals surface area contributed by atoms with Crippen LogP contribution in [0.25, 0.3) is 33.9 Å². The second-order valence-electron chi connectivity index (χ2n) is 7.18. The minimum absolute atomic E-state index is 0.0696. The smallest absolute Gasteiger partial charge is 0.259 e. The van der Waals surface area contributed by atoms with Crippen LogP contribution in [0.5, 0.6) is 0 Å². The Labute approximate surface area is 160 Å². The van der Waals surface area contributed by atoms with Gasteiger partial charge in [0.05, 0.1) is 22.6 Å². The zero-order chi connectivity index (χ0) is 19.0. The van der Waals surface area contributed by atoms with Crippen molar-refractivity contribution in [2.45, 2.75) is 20.4 Å². The number of aliphatic hydroxyl groups is 1. The summed E-state index contributed by atoms with van der Waals surface area (Å²) in [6, 6.07) is 13.0. The lowest BCUT2D eigenvalue weighted by Crippen LogP contribution is -2.24. The van der Waals surface area contributed by atoms with E-state index in [2.05, 4.69) is 20.5 Å². The van der Waals surface area contributed by atoms with Gasteiger partial charge in [-0.2, -0.15) is 4.98 Å². The maximum absolute atomic E-state index is 9.48. The zero-order valence-electron chi connectivity index (χ0n) is 14.9. The normalized spacial score (nSPS) is 12.0. The Morgan fingerprint density at radius 2 is 2.00 bits per heavy atom. The van der Waals surface area contributed by atoms with Crippen molar-refractivity contribution in [1.82, 2.24) is 25.1 Å². The third kappa shape index (κ3) is 3.43. The average Bonchev–Trinajstić information content (AvgIpc) is 3.29. The fourth-order valence-electron chi connectivity index (χ4n) is 2.77. The van der Waals surface area contributed by atoms with Crippen LogP contribution in [0.4, 0.5) is 0 Å². The standard InChI is InChI=1S/C19H18ClN5O2/c1-19(2,11-26)10-25-16-8-7-12(9-15(16)22-24-25)17-21-18(27-23-17)13-5-3-4-6-14(13)20/h3-9,26H,10-11H2,1-2H3. The van der Waals surface area contributed by atoms with Gasteiger partial charge in [0.2, 0.25) is 5.82 Å². The van der Waals surface area contributed by atoms with Crippen LogP contribution in [-0.2, 0) is 6.54 Å². The fourth-order valence-corrected chi connectivity index (χ4v) is 2.98. The van der Waals surface area contributed by atoms with E-state index in [-0.39, 0.29) is 12.0 Å². The van der Waals surface area contributed by atoms with Crippen molar-refractivity contribution in [2.75, 3.05) is 6.61 Å². The largest absolute Gasteiger partial charge is 0.396 e. The van der Waals surface area contributed by atoms with Gasteiger partial charge in [-0.25, -0.2) is 4.68 Å². The van der Waals surface area contributed by atoms with Crippen LogP contribution in [0.1, 0.15) is 13.8 Å². The maximum atomic E-state index is 9.48. The van der Waals surface area contributed by atoms with Crippen molar-refractivity contribution in [2.24, 2.45) is 5.41 Å². The first-order valence-electron chi connectivity index (χ1n) is 8.50. The van der Waals surface area contributed by atoms with E-state index in [1.807, 2.05) is 50.2 Å². The molecule has 0 saturated carbocycles. The highest BCUT2D eigenvalue weighted by molar-refractivity contribution is 6.33. The van der Waals surface area contributed by atoms with Gasteiger partial charge in [0.15, 0.2) is 0 Å². The van der Waals surface area contributed by atoms with Gasteiger partial charge in [0.1, 0.15) is 5.52 Å². The summed E-state index contributed by atoms with van der Waals surface area (Å²) in [5, 5.41) is 22.5. The van der Waals surface area contributed by atoms with E-state index < -0.39 is 0 Å². The first-order valence-corrected chi connectivity index (χ1v) is 8.88. The van der Waals surface area contributed by atoms with Crippen molar-refractivity contribution in [3.05, 3.63) is 47.5 Å². The molecule has 0 amide bonds. The zero-order valence-corrected chi connectivity index (χ0v) is 15.7. The van der Waals surface area contributed by atoms with E-state index in [0.717, 1.165) is 16.6 Å². The maximum Gasteiger partial charge on any atom is 0.259 e. The molecule has 27 heavy (non-hydrogen) atoms. The Kier molecular flexibility index (Phi) is 4.41. The van der Waals surface area contributed by atoms with E-state index >= 15 is 0 Å². The highest BCUT2D eigenvalue weighted by Gasteiger charge is 2.20. The third-order valence-electron chi connectivity index (χ3n) is 4.31. The lowest BCUT2D eigenvalue weighted by molar-refractivity contribution is 0.137. The summed E-state index contributed by atoms with van der Waals surface area (Å²) in [6.07, 6.45) is 0. The van der Waals surface area contributed by atoms with Gasteiger partial charge in [-0.15, -0.1) is 5.10 Å². The molecule has 2 heterocycles. The number of fused-ring (bicyclic) bond motifs is 1. The van der Waals surface area contributed by atoms with E-state index in [9.17, 15) is 5.11 Å². The Bertz CT molecular complexity index is 1100. The molecule has 0 radical (unpaired) electrons. The van der Waals surface area contributed by atoms with Crippen LogP contribution in [0, 0.1) is 5.41 Å². The Hall–Kier alpha value is -2.77. The predicted octanol–water partition coefficient (Wildman–Crippen LogP) is 3.82. The minimum atomic E-state index is -0.281. The number of rotatable bonds is 5. The molecule has 0 spiro atoms. The molecule has 0 bridgehead atoms. The molecule has 0 aliphatic rings. The van der Waals surface area contributed by atoms with Crippen LogP contribution < -0.4 is 0 Å². The van der Waals surface area contributed by atoms with Crippen molar-refractivity contribution in [1.29, 1.82) is 0 Å². The van der Waals surface area contributed by atoms with Gasteiger partial charge in [-0.05, 0) is 30.3 Å². The molecule has 138 valence electrons. The monoisotopic (exact) mass is 383 g/mol. The van der Waals surface area contributed by atoms with Crippen molar-refractivity contribution in [3.8, 4) is 22.8 Å². The molecule has 4 aromatic rings. The summed E-state index contributed by atoms with van der Waals surface area (Å²) >= 11 is 6.19. The Morgan fingerprint density at radius 1 is 1.19 bits per heavy atom. The number of hydrogen-bond acceptors (Lipinski definition) is 6. The number of hydrogen-bond donors (Lipinski definition) is 1. The van der Waals surface area contributed by atoms with E-state index in [1.54, 1.807) is 10.7 Å². The molecule has 0 fully saturated rings. The number of aliphatic hydroxyl groups excluding tert-OH is 1. The predicted molar refractivity (Wildman–Crippen MR) is 102 cm³/mol. The Morgan fingerprint density at radius 3 is 2.78 bits per heavy atom. The van der Waals surface area contributed by atoms with Gasteiger partial charge in [0, 0.05) is 17.6 Å². The lowest BCUT2D eigenvalue weighted by atomic mass is 9.95. The Balaban J connectivity index is 1.67. The third-order valence-corrected chi connectivity index (χ3v) is 4.64. The number of benzene rings is 2. The van der Waals surface area contributed by atoms with Gasteiger partial charge >= 0.3 is 0 Å². The highest BCUT2D eigenvalue weighted by Crippen LogP contribution is 2.29. The number of nitrogens with zero attached hydrogens (tertiary/aromatic N) is 5. The molecular formula is C19H18ClN5O2. The lowest BCUT2D eigenvalue weighted by Gasteiger charge is -2.21. The summed E-state index contributed by atoms with van der Waals surface area (Å²) in [7, 11) is 0. The van der Waals surface area contributed by atoms with E-state index in [1.165, 1.54) is 0 Å².